The predicted molar refractivity (Wildman–Crippen MR) is 115 cm³/mol. The van der Waals surface area contributed by atoms with Gasteiger partial charge < -0.3 is 14.8 Å². The van der Waals surface area contributed by atoms with Crippen molar-refractivity contribution in [1.82, 2.24) is 0 Å². The van der Waals surface area contributed by atoms with Gasteiger partial charge in [-0.1, -0.05) is 49.6 Å². The zero-order chi connectivity index (χ0) is 19.3. The molecule has 0 spiro atoms. The molecule has 1 saturated carbocycles. The van der Waals surface area contributed by atoms with Crippen molar-refractivity contribution in [3.63, 3.8) is 0 Å². The normalized spacial score (nSPS) is 15.0. The van der Waals surface area contributed by atoms with Crippen molar-refractivity contribution in [3.05, 3.63) is 65.4 Å². The minimum Gasteiger partial charge on any atom is -0.451 e. The SMILES string of the molecule is O=C(Nc1cccc(CO)c1)c1oc2ccccc2c1CSC1CCCCC1. The highest BCUT2D eigenvalue weighted by atomic mass is 32.2. The summed E-state index contributed by atoms with van der Waals surface area (Å²) in [5.74, 6) is 0.922. The molecule has 146 valence electrons. The second-order valence-corrected chi connectivity index (χ2v) is 8.58. The lowest BCUT2D eigenvalue weighted by molar-refractivity contribution is 0.0998. The van der Waals surface area contributed by atoms with Gasteiger partial charge in [-0.3, -0.25) is 4.79 Å². The third-order valence-corrected chi connectivity index (χ3v) is 6.69. The van der Waals surface area contributed by atoms with Crippen LogP contribution in [0.4, 0.5) is 5.69 Å². The molecule has 2 aromatic carbocycles. The summed E-state index contributed by atoms with van der Waals surface area (Å²) >= 11 is 1.94. The number of thioether (sulfide) groups is 1. The maximum atomic E-state index is 13.0. The predicted octanol–water partition coefficient (Wildman–Crippen LogP) is 5.74. The number of carbonyl (C=O) groups is 1. The van der Waals surface area contributed by atoms with E-state index in [4.69, 9.17) is 4.42 Å². The van der Waals surface area contributed by atoms with Crippen LogP contribution >= 0.6 is 11.8 Å². The minimum atomic E-state index is -0.245. The molecule has 0 aliphatic heterocycles. The highest BCUT2D eigenvalue weighted by Gasteiger charge is 2.22. The van der Waals surface area contributed by atoms with Crippen LogP contribution in [0.5, 0.6) is 0 Å². The summed E-state index contributed by atoms with van der Waals surface area (Å²) in [6.45, 7) is -0.0579. The van der Waals surface area contributed by atoms with Crippen LogP contribution in [0.1, 0.15) is 53.8 Å². The van der Waals surface area contributed by atoms with E-state index in [2.05, 4.69) is 5.32 Å². The first-order valence-electron chi connectivity index (χ1n) is 9.88. The molecule has 28 heavy (non-hydrogen) atoms. The van der Waals surface area contributed by atoms with Crippen LogP contribution in [0, 0.1) is 0 Å². The summed E-state index contributed by atoms with van der Waals surface area (Å²) in [4.78, 5) is 13.0. The number of nitrogens with one attached hydrogen (secondary N) is 1. The Kier molecular flexibility index (Phi) is 6.03. The van der Waals surface area contributed by atoms with E-state index in [1.807, 2.05) is 54.2 Å². The maximum Gasteiger partial charge on any atom is 0.291 e. The Morgan fingerprint density at radius 3 is 2.75 bits per heavy atom. The third kappa shape index (κ3) is 4.26. The van der Waals surface area contributed by atoms with Gasteiger partial charge in [0.25, 0.3) is 5.91 Å². The number of para-hydroxylation sites is 1. The number of rotatable bonds is 6. The van der Waals surface area contributed by atoms with Gasteiger partial charge in [0, 0.05) is 27.6 Å². The lowest BCUT2D eigenvalue weighted by Gasteiger charge is -2.20. The standard InChI is InChI=1S/C23H25NO3S/c25-14-16-7-6-8-17(13-16)24-23(26)22-20(15-28-18-9-2-1-3-10-18)19-11-4-5-12-21(19)27-22/h4-8,11-13,18,25H,1-3,9-10,14-15H2,(H,24,26). The summed E-state index contributed by atoms with van der Waals surface area (Å²) < 4.78 is 5.95. The first-order chi connectivity index (χ1) is 13.7. The van der Waals surface area contributed by atoms with E-state index < -0.39 is 0 Å². The van der Waals surface area contributed by atoms with E-state index >= 15 is 0 Å². The Hall–Kier alpha value is -2.24. The zero-order valence-electron chi connectivity index (χ0n) is 15.8. The van der Waals surface area contributed by atoms with Gasteiger partial charge >= 0.3 is 0 Å². The summed E-state index contributed by atoms with van der Waals surface area (Å²) in [7, 11) is 0. The van der Waals surface area contributed by atoms with Crippen LogP contribution in [0.2, 0.25) is 0 Å². The van der Waals surface area contributed by atoms with E-state index in [1.165, 1.54) is 32.1 Å². The molecule has 0 radical (unpaired) electrons. The average molecular weight is 396 g/mol. The highest BCUT2D eigenvalue weighted by molar-refractivity contribution is 7.99. The summed E-state index contributed by atoms with van der Waals surface area (Å²) in [6, 6.07) is 15.1. The Morgan fingerprint density at radius 2 is 1.93 bits per heavy atom. The molecule has 2 N–H and O–H groups in total. The first-order valence-corrected chi connectivity index (χ1v) is 10.9. The van der Waals surface area contributed by atoms with Crippen molar-refractivity contribution in [1.29, 1.82) is 0 Å². The van der Waals surface area contributed by atoms with Crippen molar-refractivity contribution < 1.29 is 14.3 Å². The van der Waals surface area contributed by atoms with E-state index in [0.717, 1.165) is 27.8 Å². The number of carbonyl (C=O) groups excluding carboxylic acids is 1. The number of benzene rings is 2. The molecule has 4 rings (SSSR count). The van der Waals surface area contributed by atoms with Crippen LogP contribution in [0.25, 0.3) is 11.0 Å². The fraction of sp³-hybridized carbons (Fsp3) is 0.348. The van der Waals surface area contributed by atoms with Gasteiger partial charge in [-0.05, 0) is 36.6 Å². The van der Waals surface area contributed by atoms with Crippen LogP contribution in [-0.4, -0.2) is 16.3 Å². The van der Waals surface area contributed by atoms with Gasteiger partial charge in [-0.2, -0.15) is 11.8 Å². The zero-order valence-corrected chi connectivity index (χ0v) is 16.6. The van der Waals surface area contributed by atoms with Crippen LogP contribution in [0.15, 0.2) is 52.9 Å². The van der Waals surface area contributed by atoms with Crippen molar-refractivity contribution in [2.45, 2.75) is 49.7 Å². The van der Waals surface area contributed by atoms with Crippen molar-refractivity contribution in [2.24, 2.45) is 0 Å². The van der Waals surface area contributed by atoms with Gasteiger partial charge in [-0.15, -0.1) is 0 Å². The summed E-state index contributed by atoms with van der Waals surface area (Å²) in [6.07, 6.45) is 6.47. The molecule has 1 heterocycles. The molecule has 1 amide bonds. The number of hydrogen-bond donors (Lipinski definition) is 2. The molecule has 1 aliphatic rings. The van der Waals surface area contributed by atoms with Crippen LogP contribution in [0.3, 0.4) is 0 Å². The molecular formula is C23H25NO3S. The summed E-state index contributed by atoms with van der Waals surface area (Å²) in [5, 5.41) is 13.9. The fourth-order valence-electron chi connectivity index (χ4n) is 3.79. The quantitative estimate of drug-likeness (QED) is 0.558. The monoisotopic (exact) mass is 395 g/mol. The largest absolute Gasteiger partial charge is 0.451 e. The Labute approximate surface area is 169 Å². The number of amides is 1. The van der Waals surface area contributed by atoms with E-state index in [-0.39, 0.29) is 12.5 Å². The Morgan fingerprint density at radius 1 is 1.11 bits per heavy atom. The Balaban J connectivity index is 1.58. The van der Waals surface area contributed by atoms with Gasteiger partial charge in [0.05, 0.1) is 6.61 Å². The molecule has 1 aromatic heterocycles. The van der Waals surface area contributed by atoms with Crippen molar-refractivity contribution >= 4 is 34.3 Å². The number of fused-ring (bicyclic) bond motifs is 1. The lowest BCUT2D eigenvalue weighted by Crippen LogP contribution is -2.14. The van der Waals surface area contributed by atoms with Crippen LogP contribution < -0.4 is 5.32 Å². The summed E-state index contributed by atoms with van der Waals surface area (Å²) in [5.41, 5.74) is 3.14. The molecule has 0 bridgehead atoms. The number of hydrogen-bond acceptors (Lipinski definition) is 4. The molecule has 0 saturated heterocycles. The smallest absolute Gasteiger partial charge is 0.291 e. The number of aliphatic hydroxyl groups excluding tert-OH is 1. The Bertz CT molecular complexity index is 959. The van der Waals surface area contributed by atoms with Gasteiger partial charge in [0.2, 0.25) is 0 Å². The molecular weight excluding hydrogens is 370 g/mol. The molecule has 0 unspecified atom stereocenters. The molecule has 1 fully saturated rings. The topological polar surface area (TPSA) is 62.5 Å². The fourth-order valence-corrected chi connectivity index (χ4v) is 5.15. The second kappa shape index (κ2) is 8.84. The highest BCUT2D eigenvalue weighted by Crippen LogP contribution is 2.35. The molecule has 5 heteroatoms. The average Bonchev–Trinajstić information content (AvgIpc) is 3.12. The minimum absolute atomic E-state index is 0.0579. The lowest BCUT2D eigenvalue weighted by atomic mass is 10.0. The van der Waals surface area contributed by atoms with Crippen molar-refractivity contribution in [2.75, 3.05) is 5.32 Å². The molecule has 0 atom stereocenters. The molecule has 3 aromatic rings. The molecule has 4 nitrogen and oxygen atoms in total. The van der Waals surface area contributed by atoms with Gasteiger partial charge in [0.15, 0.2) is 5.76 Å². The second-order valence-electron chi connectivity index (χ2n) is 7.29. The van der Waals surface area contributed by atoms with Crippen molar-refractivity contribution in [3.8, 4) is 0 Å². The molecule has 1 aliphatic carbocycles. The number of anilines is 1. The third-order valence-electron chi connectivity index (χ3n) is 5.29. The van der Waals surface area contributed by atoms with Gasteiger partial charge in [-0.25, -0.2) is 0 Å². The first kappa shape index (κ1) is 19.1. The van der Waals surface area contributed by atoms with E-state index in [1.54, 1.807) is 6.07 Å². The van der Waals surface area contributed by atoms with E-state index in [9.17, 15) is 9.90 Å². The maximum absolute atomic E-state index is 13.0. The van der Waals surface area contributed by atoms with Crippen LogP contribution in [-0.2, 0) is 12.4 Å². The number of aliphatic hydroxyl groups is 1. The van der Waals surface area contributed by atoms with Gasteiger partial charge in [0.1, 0.15) is 5.58 Å². The number of furan rings is 1. The van der Waals surface area contributed by atoms with E-state index in [0.29, 0.717) is 16.7 Å².